The molecule has 4 aliphatic carbocycles. The molecule has 7 atom stereocenters. The first kappa shape index (κ1) is 14.9. The normalized spacial score (nSPS) is 54.0. The number of fused-ring (bicyclic) bond motifs is 5. The Labute approximate surface area is 132 Å². The van der Waals surface area contributed by atoms with Gasteiger partial charge < -0.3 is 15.0 Å². The molecular weight excluding hydrogens is 276 g/mol. The average Bonchev–Trinajstić information content (AvgIpc) is 2.82. The SMILES string of the molecule is C[C@]12CCC3C(CC=C4C[C@@H](O)CC[C@@]43C=O)C1CC[C@@H]2O. The van der Waals surface area contributed by atoms with E-state index in [-0.39, 0.29) is 23.0 Å². The van der Waals surface area contributed by atoms with E-state index in [1.54, 1.807) is 0 Å². The number of aliphatic hydroxyl groups excluding tert-OH is 2. The Morgan fingerprint density at radius 3 is 2.73 bits per heavy atom. The number of rotatable bonds is 1. The molecule has 0 aliphatic heterocycles. The first-order chi connectivity index (χ1) is 10.5. The summed E-state index contributed by atoms with van der Waals surface area (Å²) in [4.78, 5) is 12.1. The van der Waals surface area contributed by atoms with Crippen LogP contribution in [0.2, 0.25) is 0 Å². The molecule has 4 rings (SSSR count). The molecule has 0 heterocycles. The summed E-state index contributed by atoms with van der Waals surface area (Å²) in [5.41, 5.74) is 0.964. The van der Waals surface area contributed by atoms with Gasteiger partial charge in [-0.3, -0.25) is 0 Å². The molecule has 0 aromatic heterocycles. The summed E-state index contributed by atoms with van der Waals surface area (Å²) in [6, 6.07) is 0. The Bertz CT molecular complexity index is 513. The summed E-state index contributed by atoms with van der Waals surface area (Å²) < 4.78 is 0. The van der Waals surface area contributed by atoms with E-state index in [4.69, 9.17) is 0 Å². The highest BCUT2D eigenvalue weighted by Crippen LogP contribution is 2.64. The zero-order chi connectivity index (χ0) is 15.5. The largest absolute Gasteiger partial charge is 0.393 e. The van der Waals surface area contributed by atoms with Crippen molar-refractivity contribution in [3.63, 3.8) is 0 Å². The van der Waals surface area contributed by atoms with Gasteiger partial charge >= 0.3 is 0 Å². The zero-order valence-corrected chi connectivity index (χ0v) is 13.5. The number of aliphatic hydroxyl groups is 2. The number of hydrogen-bond acceptors (Lipinski definition) is 3. The lowest BCUT2D eigenvalue weighted by atomic mass is 9.48. The van der Waals surface area contributed by atoms with Gasteiger partial charge in [-0.25, -0.2) is 0 Å². The van der Waals surface area contributed by atoms with Crippen LogP contribution in [-0.4, -0.2) is 28.7 Å². The standard InChI is InChI=1S/C19H28O3/c1-18-8-7-16-14(15(18)4-5-17(18)22)3-2-12-10-13(21)6-9-19(12,16)11-20/h2,11,13-17,21-22H,3-10H2,1H3/t13-,14?,15?,16?,17-,18-,19+/m0/s1. The van der Waals surface area contributed by atoms with Crippen molar-refractivity contribution in [2.75, 3.05) is 0 Å². The molecule has 0 aromatic carbocycles. The van der Waals surface area contributed by atoms with Gasteiger partial charge in [0.25, 0.3) is 0 Å². The van der Waals surface area contributed by atoms with E-state index in [0.29, 0.717) is 24.2 Å². The molecule has 3 fully saturated rings. The maximum atomic E-state index is 12.1. The fraction of sp³-hybridized carbons (Fsp3) is 0.842. The molecule has 0 saturated heterocycles. The molecule has 3 unspecified atom stereocenters. The lowest BCUT2D eigenvalue weighted by molar-refractivity contribution is -0.127. The van der Waals surface area contributed by atoms with E-state index in [9.17, 15) is 15.0 Å². The first-order valence-corrected chi connectivity index (χ1v) is 9.03. The molecule has 0 amide bonds. The van der Waals surface area contributed by atoms with Gasteiger partial charge in [0.1, 0.15) is 6.29 Å². The van der Waals surface area contributed by atoms with Crippen LogP contribution < -0.4 is 0 Å². The van der Waals surface area contributed by atoms with Crippen molar-refractivity contribution in [2.45, 2.75) is 70.5 Å². The van der Waals surface area contributed by atoms with E-state index in [1.165, 1.54) is 11.9 Å². The summed E-state index contributed by atoms with van der Waals surface area (Å²) in [5.74, 6) is 1.53. The summed E-state index contributed by atoms with van der Waals surface area (Å²) in [6.45, 7) is 2.27. The second-order valence-corrected chi connectivity index (χ2v) is 8.53. The number of hydrogen-bond donors (Lipinski definition) is 2. The first-order valence-electron chi connectivity index (χ1n) is 9.03. The Morgan fingerprint density at radius 1 is 1.14 bits per heavy atom. The molecule has 3 nitrogen and oxygen atoms in total. The monoisotopic (exact) mass is 304 g/mol. The Kier molecular flexibility index (Phi) is 3.32. The molecule has 122 valence electrons. The van der Waals surface area contributed by atoms with Gasteiger partial charge in [-0.1, -0.05) is 18.6 Å². The van der Waals surface area contributed by atoms with Crippen LogP contribution >= 0.6 is 0 Å². The minimum Gasteiger partial charge on any atom is -0.393 e. The average molecular weight is 304 g/mol. The maximum absolute atomic E-state index is 12.1. The van der Waals surface area contributed by atoms with Crippen LogP contribution in [-0.2, 0) is 4.79 Å². The smallest absolute Gasteiger partial charge is 0.130 e. The minimum absolute atomic E-state index is 0.0603. The predicted octanol–water partition coefficient (Wildman–Crippen LogP) is 2.85. The third-order valence-electron chi connectivity index (χ3n) is 7.84. The molecule has 22 heavy (non-hydrogen) atoms. The van der Waals surface area contributed by atoms with Crippen LogP contribution in [0.25, 0.3) is 0 Å². The van der Waals surface area contributed by atoms with Crippen molar-refractivity contribution in [1.29, 1.82) is 0 Å². The van der Waals surface area contributed by atoms with Gasteiger partial charge in [0.2, 0.25) is 0 Å². The van der Waals surface area contributed by atoms with Crippen molar-refractivity contribution in [3.05, 3.63) is 11.6 Å². The van der Waals surface area contributed by atoms with Gasteiger partial charge in [0.15, 0.2) is 0 Å². The van der Waals surface area contributed by atoms with Crippen molar-refractivity contribution in [1.82, 2.24) is 0 Å². The molecular formula is C19H28O3. The van der Waals surface area contributed by atoms with Gasteiger partial charge in [0.05, 0.1) is 17.6 Å². The number of aldehydes is 1. The molecule has 4 aliphatic rings. The van der Waals surface area contributed by atoms with E-state index in [0.717, 1.165) is 44.9 Å². The summed E-state index contributed by atoms with van der Waals surface area (Å²) in [7, 11) is 0. The highest BCUT2D eigenvalue weighted by atomic mass is 16.3. The van der Waals surface area contributed by atoms with E-state index < -0.39 is 0 Å². The molecule has 0 spiro atoms. The maximum Gasteiger partial charge on any atom is 0.130 e. The van der Waals surface area contributed by atoms with E-state index in [1.807, 2.05) is 0 Å². The van der Waals surface area contributed by atoms with Gasteiger partial charge in [-0.15, -0.1) is 0 Å². The Balaban J connectivity index is 1.72. The van der Waals surface area contributed by atoms with Crippen LogP contribution in [0, 0.1) is 28.6 Å². The fourth-order valence-electron chi connectivity index (χ4n) is 6.54. The highest BCUT2D eigenvalue weighted by Gasteiger charge is 2.59. The van der Waals surface area contributed by atoms with Crippen LogP contribution in [0.15, 0.2) is 11.6 Å². The fourth-order valence-corrected chi connectivity index (χ4v) is 6.54. The van der Waals surface area contributed by atoms with Crippen LogP contribution in [0.3, 0.4) is 0 Å². The third-order valence-corrected chi connectivity index (χ3v) is 7.84. The number of carbonyl (C=O) groups excluding carboxylic acids is 1. The lowest BCUT2D eigenvalue weighted by Gasteiger charge is -2.56. The van der Waals surface area contributed by atoms with Crippen LogP contribution in [0.1, 0.15) is 58.3 Å². The lowest BCUT2D eigenvalue weighted by Crippen LogP contribution is -2.52. The third kappa shape index (κ3) is 1.78. The summed E-state index contributed by atoms with van der Waals surface area (Å²) in [5, 5.41) is 20.4. The molecule has 3 saturated carbocycles. The molecule has 2 N–H and O–H groups in total. The number of allylic oxidation sites excluding steroid dienone is 1. The second kappa shape index (κ2) is 4.91. The van der Waals surface area contributed by atoms with Crippen molar-refractivity contribution >= 4 is 6.29 Å². The molecule has 3 heteroatoms. The van der Waals surface area contributed by atoms with Crippen molar-refractivity contribution in [3.8, 4) is 0 Å². The Morgan fingerprint density at radius 2 is 1.95 bits per heavy atom. The molecule has 0 bridgehead atoms. The second-order valence-electron chi connectivity index (χ2n) is 8.53. The molecule has 0 radical (unpaired) electrons. The van der Waals surface area contributed by atoms with Crippen molar-refractivity contribution in [2.24, 2.45) is 28.6 Å². The van der Waals surface area contributed by atoms with Gasteiger partial charge in [-0.2, -0.15) is 0 Å². The summed E-state index contributed by atoms with van der Waals surface area (Å²) in [6.07, 6.45) is 10.5. The molecule has 0 aromatic rings. The van der Waals surface area contributed by atoms with Crippen molar-refractivity contribution < 1.29 is 15.0 Å². The van der Waals surface area contributed by atoms with Gasteiger partial charge in [-0.05, 0) is 74.5 Å². The quantitative estimate of drug-likeness (QED) is 0.578. The number of carbonyl (C=O) groups is 1. The Hall–Kier alpha value is -0.670. The van der Waals surface area contributed by atoms with E-state index >= 15 is 0 Å². The zero-order valence-electron chi connectivity index (χ0n) is 13.5. The van der Waals surface area contributed by atoms with Crippen LogP contribution in [0.4, 0.5) is 0 Å². The van der Waals surface area contributed by atoms with Crippen LogP contribution in [0.5, 0.6) is 0 Å². The minimum atomic E-state index is -0.309. The highest BCUT2D eigenvalue weighted by molar-refractivity contribution is 5.67. The predicted molar refractivity (Wildman–Crippen MR) is 84.1 cm³/mol. The summed E-state index contributed by atoms with van der Waals surface area (Å²) >= 11 is 0. The van der Waals surface area contributed by atoms with Gasteiger partial charge in [0, 0.05) is 0 Å². The topological polar surface area (TPSA) is 57.5 Å². The van der Waals surface area contributed by atoms with E-state index in [2.05, 4.69) is 13.0 Å².